The molecule has 0 aliphatic heterocycles. The van der Waals surface area contributed by atoms with Crippen LogP contribution in [0.2, 0.25) is 0 Å². The molecule has 0 bridgehead atoms. The number of carbonyl (C=O) groups excluding carboxylic acids is 2. The van der Waals surface area contributed by atoms with Crippen LogP contribution in [0.5, 0.6) is 0 Å². The van der Waals surface area contributed by atoms with Gasteiger partial charge < -0.3 is 4.74 Å². The molecule has 0 heterocycles. The Labute approximate surface area is 127 Å². The van der Waals surface area contributed by atoms with Crippen LogP contribution in [0.15, 0.2) is 0 Å². The number of methoxy groups -OCH3 is 1. The zero-order chi connectivity index (χ0) is 14.7. The van der Waals surface area contributed by atoms with E-state index in [1.165, 1.54) is 14.0 Å². The fourth-order valence-electron chi connectivity index (χ4n) is 1.76. The molecule has 0 saturated heterocycles. The van der Waals surface area contributed by atoms with Crippen LogP contribution in [-0.2, 0) is 14.3 Å². The Morgan fingerprint density at radius 2 is 1.67 bits per heavy atom. The molecule has 2 atom stereocenters. The zero-order valence-electron chi connectivity index (χ0n) is 10.6. The van der Waals surface area contributed by atoms with Gasteiger partial charge in [0.25, 0.3) is 0 Å². The standard InChI is InChI=1S/C11H16Cl4O3/c1-6(16)8(9(17)18-4)10(2,3)7(12)5-11(13,14)15/h7-8H,5H2,1-4H3. The van der Waals surface area contributed by atoms with Gasteiger partial charge in [0, 0.05) is 17.2 Å². The molecule has 2 unspecified atom stereocenters. The normalized spacial score (nSPS) is 16.0. The van der Waals surface area contributed by atoms with Crippen LogP contribution >= 0.6 is 46.4 Å². The monoisotopic (exact) mass is 336 g/mol. The minimum Gasteiger partial charge on any atom is -0.468 e. The van der Waals surface area contributed by atoms with Crippen molar-refractivity contribution in [2.24, 2.45) is 11.3 Å². The van der Waals surface area contributed by atoms with Gasteiger partial charge in [0.05, 0.1) is 7.11 Å². The van der Waals surface area contributed by atoms with E-state index in [1.54, 1.807) is 13.8 Å². The number of hydrogen-bond acceptors (Lipinski definition) is 3. The smallest absolute Gasteiger partial charge is 0.316 e. The third-order valence-corrected chi connectivity index (χ3v) is 3.99. The van der Waals surface area contributed by atoms with E-state index < -0.39 is 26.5 Å². The maximum absolute atomic E-state index is 11.7. The minimum atomic E-state index is -1.54. The number of esters is 1. The Morgan fingerprint density at radius 3 is 1.94 bits per heavy atom. The van der Waals surface area contributed by atoms with Gasteiger partial charge in [-0.1, -0.05) is 48.7 Å². The fourth-order valence-corrected chi connectivity index (χ4v) is 2.82. The summed E-state index contributed by atoms with van der Waals surface area (Å²) in [7, 11) is 1.21. The molecule has 0 aromatic carbocycles. The Balaban J connectivity index is 5.17. The number of ketones is 1. The van der Waals surface area contributed by atoms with Crippen molar-refractivity contribution in [3.05, 3.63) is 0 Å². The summed E-state index contributed by atoms with van der Waals surface area (Å²) in [6, 6.07) is 0. The first-order valence-corrected chi connectivity index (χ1v) is 6.79. The summed E-state index contributed by atoms with van der Waals surface area (Å²) < 4.78 is 3.08. The Morgan fingerprint density at radius 1 is 1.22 bits per heavy atom. The molecular formula is C11H16Cl4O3. The zero-order valence-corrected chi connectivity index (χ0v) is 13.6. The van der Waals surface area contributed by atoms with E-state index in [1.807, 2.05) is 0 Å². The Bertz CT molecular complexity index is 323. The molecule has 0 amide bonds. The van der Waals surface area contributed by atoms with Gasteiger partial charge in [0.15, 0.2) is 3.79 Å². The SMILES string of the molecule is COC(=O)C(C(C)=O)C(C)(C)C(Cl)CC(Cl)(Cl)Cl. The van der Waals surface area contributed by atoms with Crippen molar-refractivity contribution >= 4 is 58.2 Å². The number of hydrogen-bond donors (Lipinski definition) is 0. The van der Waals surface area contributed by atoms with Crippen molar-refractivity contribution in [3.8, 4) is 0 Å². The molecule has 0 aliphatic carbocycles. The second-order valence-corrected chi connectivity index (χ2v) is 7.72. The number of alkyl halides is 4. The first-order chi connectivity index (χ1) is 7.93. The van der Waals surface area contributed by atoms with Crippen molar-refractivity contribution in [2.45, 2.75) is 36.4 Å². The molecule has 0 aliphatic rings. The molecule has 106 valence electrons. The second kappa shape index (κ2) is 6.65. The van der Waals surface area contributed by atoms with Gasteiger partial charge in [-0.25, -0.2) is 0 Å². The number of halogens is 4. The maximum atomic E-state index is 11.7. The summed E-state index contributed by atoms with van der Waals surface area (Å²) in [4.78, 5) is 23.3. The first-order valence-electron chi connectivity index (χ1n) is 5.22. The van der Waals surface area contributed by atoms with Crippen LogP contribution in [0.3, 0.4) is 0 Å². The minimum absolute atomic E-state index is 0.0208. The Kier molecular flexibility index (Phi) is 6.76. The van der Waals surface area contributed by atoms with Gasteiger partial charge in [-0.3, -0.25) is 9.59 Å². The largest absolute Gasteiger partial charge is 0.468 e. The number of Topliss-reactive ketones (excluding diaryl/α,β-unsaturated/α-hetero) is 1. The highest BCUT2D eigenvalue weighted by molar-refractivity contribution is 6.67. The summed E-state index contributed by atoms with van der Waals surface area (Å²) in [6.07, 6.45) is 0.0208. The van der Waals surface area contributed by atoms with Gasteiger partial charge in [-0.05, 0) is 6.92 Å². The van der Waals surface area contributed by atoms with Crippen LogP contribution in [0.1, 0.15) is 27.2 Å². The molecule has 0 spiro atoms. The fraction of sp³-hybridized carbons (Fsp3) is 0.818. The molecule has 0 rings (SSSR count). The van der Waals surface area contributed by atoms with E-state index in [2.05, 4.69) is 4.74 Å². The van der Waals surface area contributed by atoms with Crippen LogP contribution in [0, 0.1) is 11.3 Å². The summed E-state index contributed by atoms with van der Waals surface area (Å²) in [5.74, 6) is -1.96. The first kappa shape index (κ1) is 18.3. The van der Waals surface area contributed by atoms with Gasteiger partial charge in [0.2, 0.25) is 0 Å². The number of rotatable bonds is 5. The summed E-state index contributed by atoms with van der Waals surface area (Å²) in [6.45, 7) is 4.65. The molecule has 0 radical (unpaired) electrons. The van der Waals surface area contributed by atoms with Crippen LogP contribution in [0.4, 0.5) is 0 Å². The predicted octanol–water partition coefficient (Wildman–Crippen LogP) is 3.76. The van der Waals surface area contributed by atoms with Crippen molar-refractivity contribution in [1.29, 1.82) is 0 Å². The molecule has 0 saturated carbocycles. The predicted molar refractivity (Wildman–Crippen MR) is 74.5 cm³/mol. The molecule has 0 fully saturated rings. The summed E-state index contributed by atoms with van der Waals surface area (Å²) in [5, 5.41) is -0.669. The highest BCUT2D eigenvalue weighted by Crippen LogP contribution is 2.43. The van der Waals surface area contributed by atoms with Crippen LogP contribution in [0.25, 0.3) is 0 Å². The molecule has 0 aromatic heterocycles. The second-order valence-electron chi connectivity index (χ2n) is 4.68. The molecule has 3 nitrogen and oxygen atoms in total. The topological polar surface area (TPSA) is 43.4 Å². The third-order valence-electron chi connectivity index (χ3n) is 2.81. The van der Waals surface area contributed by atoms with Crippen LogP contribution < -0.4 is 0 Å². The Hall–Kier alpha value is 0.300. The van der Waals surface area contributed by atoms with Crippen molar-refractivity contribution in [2.75, 3.05) is 7.11 Å². The van der Waals surface area contributed by atoms with Gasteiger partial charge in [-0.2, -0.15) is 0 Å². The molecule has 0 aromatic rings. The lowest BCUT2D eigenvalue weighted by atomic mass is 9.73. The van der Waals surface area contributed by atoms with Gasteiger partial charge >= 0.3 is 5.97 Å². The highest BCUT2D eigenvalue weighted by Gasteiger charge is 2.46. The van der Waals surface area contributed by atoms with E-state index in [9.17, 15) is 9.59 Å². The van der Waals surface area contributed by atoms with Crippen molar-refractivity contribution < 1.29 is 14.3 Å². The number of carbonyl (C=O) groups is 2. The van der Waals surface area contributed by atoms with Gasteiger partial charge in [0.1, 0.15) is 11.7 Å². The van der Waals surface area contributed by atoms with E-state index in [4.69, 9.17) is 46.4 Å². The quantitative estimate of drug-likeness (QED) is 0.436. The van der Waals surface area contributed by atoms with E-state index in [-0.39, 0.29) is 12.2 Å². The summed E-state index contributed by atoms with van der Waals surface area (Å²) >= 11 is 23.2. The molecule has 7 heteroatoms. The average molecular weight is 338 g/mol. The van der Waals surface area contributed by atoms with E-state index in [0.29, 0.717) is 0 Å². The molecule has 18 heavy (non-hydrogen) atoms. The van der Waals surface area contributed by atoms with Crippen molar-refractivity contribution in [1.82, 2.24) is 0 Å². The van der Waals surface area contributed by atoms with Gasteiger partial charge in [-0.15, -0.1) is 11.6 Å². The number of ether oxygens (including phenoxy) is 1. The van der Waals surface area contributed by atoms with Crippen molar-refractivity contribution in [3.63, 3.8) is 0 Å². The summed E-state index contributed by atoms with van der Waals surface area (Å²) in [5.41, 5.74) is -0.885. The lowest BCUT2D eigenvalue weighted by Crippen LogP contribution is -2.43. The molecular weight excluding hydrogens is 322 g/mol. The van der Waals surface area contributed by atoms with E-state index >= 15 is 0 Å². The third kappa shape index (κ3) is 5.12. The van der Waals surface area contributed by atoms with Crippen LogP contribution in [-0.4, -0.2) is 28.0 Å². The van der Waals surface area contributed by atoms with E-state index in [0.717, 1.165) is 0 Å². The lowest BCUT2D eigenvalue weighted by molar-refractivity contribution is -0.153. The lowest BCUT2D eigenvalue weighted by Gasteiger charge is -2.36. The highest BCUT2D eigenvalue weighted by atomic mass is 35.6. The molecule has 0 N–H and O–H groups in total. The maximum Gasteiger partial charge on any atom is 0.316 e. The average Bonchev–Trinajstić information content (AvgIpc) is 2.13.